The number of nitrogens with zero attached hydrogens (tertiary/aromatic N) is 3. The maximum Gasteiger partial charge on any atom is 0.222 e. The van der Waals surface area contributed by atoms with Gasteiger partial charge in [-0.25, -0.2) is 4.98 Å². The second-order valence-electron chi connectivity index (χ2n) is 7.94. The van der Waals surface area contributed by atoms with E-state index in [0.717, 1.165) is 22.4 Å². The number of benzene rings is 3. The maximum absolute atomic E-state index is 8.98. The predicted octanol–water partition coefficient (Wildman–Crippen LogP) is 5.07. The lowest BCUT2D eigenvalue weighted by Gasteiger charge is -2.17. The van der Waals surface area contributed by atoms with Crippen molar-refractivity contribution in [2.75, 3.05) is 16.8 Å². The molecule has 0 fully saturated rings. The second-order valence-corrected chi connectivity index (χ2v) is 7.94. The standard InChI is InChI=1S/C27H26N6O/c1-18(21-9-7-19(15-28)8-10-21)31-23-13-11-22(12-14-23)25-24(32-27(30)33-26(25)29)17-34-16-20-5-3-2-4-6-20/h2-14,18,31H,16-17H2,1H3,(H4,29,30,32,33). The first-order valence-electron chi connectivity index (χ1n) is 10.9. The molecule has 1 atom stereocenters. The van der Waals surface area contributed by atoms with Crippen molar-refractivity contribution < 1.29 is 4.74 Å². The number of nitriles is 1. The molecule has 0 radical (unpaired) electrons. The van der Waals surface area contributed by atoms with E-state index in [1.54, 1.807) is 0 Å². The SMILES string of the molecule is CC(Nc1ccc(-c2c(N)nc(N)nc2COCc2ccccc2)cc1)c1ccc(C#N)cc1. The van der Waals surface area contributed by atoms with Gasteiger partial charge in [0.1, 0.15) is 5.82 Å². The molecule has 1 aromatic heterocycles. The van der Waals surface area contributed by atoms with Crippen molar-refractivity contribution in [3.05, 3.63) is 101 Å². The van der Waals surface area contributed by atoms with Crippen LogP contribution in [0.2, 0.25) is 0 Å². The first kappa shape index (κ1) is 22.8. The van der Waals surface area contributed by atoms with Crippen LogP contribution in [-0.4, -0.2) is 9.97 Å². The Labute approximate surface area is 199 Å². The Morgan fingerprint density at radius 1 is 0.912 bits per heavy atom. The Bertz CT molecular complexity index is 1280. The minimum atomic E-state index is 0.0745. The smallest absolute Gasteiger partial charge is 0.222 e. The van der Waals surface area contributed by atoms with E-state index >= 15 is 0 Å². The Morgan fingerprint density at radius 2 is 1.62 bits per heavy atom. The third kappa shape index (κ3) is 5.49. The minimum Gasteiger partial charge on any atom is -0.383 e. The quantitative estimate of drug-likeness (QED) is 0.342. The number of nitrogens with two attached hydrogens (primary N) is 2. The summed E-state index contributed by atoms with van der Waals surface area (Å²) in [7, 11) is 0. The van der Waals surface area contributed by atoms with E-state index in [1.807, 2.05) is 78.9 Å². The Hall–Kier alpha value is -4.41. The zero-order chi connectivity index (χ0) is 23.9. The Kier molecular flexibility index (Phi) is 7.01. The van der Waals surface area contributed by atoms with E-state index in [-0.39, 0.29) is 18.6 Å². The van der Waals surface area contributed by atoms with E-state index in [2.05, 4.69) is 28.3 Å². The Balaban J connectivity index is 1.49. The predicted molar refractivity (Wildman–Crippen MR) is 134 cm³/mol. The number of nitrogens with one attached hydrogen (secondary N) is 1. The van der Waals surface area contributed by atoms with Crippen LogP contribution in [0.3, 0.4) is 0 Å². The lowest BCUT2D eigenvalue weighted by molar-refractivity contribution is 0.105. The van der Waals surface area contributed by atoms with Crippen LogP contribution in [0.15, 0.2) is 78.9 Å². The van der Waals surface area contributed by atoms with E-state index in [1.165, 1.54) is 0 Å². The molecule has 1 heterocycles. The van der Waals surface area contributed by atoms with Crippen molar-refractivity contribution in [2.24, 2.45) is 0 Å². The largest absolute Gasteiger partial charge is 0.383 e. The fraction of sp³-hybridized carbons (Fsp3) is 0.148. The van der Waals surface area contributed by atoms with Gasteiger partial charge in [0, 0.05) is 17.3 Å². The van der Waals surface area contributed by atoms with Crippen molar-refractivity contribution >= 4 is 17.5 Å². The molecule has 7 nitrogen and oxygen atoms in total. The van der Waals surface area contributed by atoms with Crippen molar-refractivity contribution in [1.82, 2.24) is 9.97 Å². The molecule has 0 aliphatic carbocycles. The van der Waals surface area contributed by atoms with Gasteiger partial charge in [0.2, 0.25) is 5.95 Å². The summed E-state index contributed by atoms with van der Waals surface area (Å²) < 4.78 is 5.89. The van der Waals surface area contributed by atoms with Crippen molar-refractivity contribution in [1.29, 1.82) is 5.26 Å². The van der Waals surface area contributed by atoms with Crippen molar-refractivity contribution in [2.45, 2.75) is 26.2 Å². The third-order valence-electron chi connectivity index (χ3n) is 5.48. The fourth-order valence-electron chi connectivity index (χ4n) is 3.72. The van der Waals surface area contributed by atoms with E-state index in [4.69, 9.17) is 21.5 Å². The number of hydrogen-bond donors (Lipinski definition) is 3. The van der Waals surface area contributed by atoms with Gasteiger partial charge >= 0.3 is 0 Å². The molecule has 3 aromatic carbocycles. The zero-order valence-electron chi connectivity index (χ0n) is 18.9. The van der Waals surface area contributed by atoms with Crippen LogP contribution >= 0.6 is 0 Å². The molecule has 7 heteroatoms. The van der Waals surface area contributed by atoms with Crippen LogP contribution in [0.4, 0.5) is 17.5 Å². The number of aromatic nitrogens is 2. The molecule has 34 heavy (non-hydrogen) atoms. The lowest BCUT2D eigenvalue weighted by atomic mass is 10.0. The van der Waals surface area contributed by atoms with Gasteiger partial charge in [-0.1, -0.05) is 54.6 Å². The molecule has 0 amide bonds. The van der Waals surface area contributed by atoms with Crippen molar-refractivity contribution in [3.63, 3.8) is 0 Å². The minimum absolute atomic E-state index is 0.0745. The molecule has 0 saturated heterocycles. The van der Waals surface area contributed by atoms with E-state index in [0.29, 0.717) is 29.2 Å². The van der Waals surface area contributed by atoms with E-state index in [9.17, 15) is 0 Å². The summed E-state index contributed by atoms with van der Waals surface area (Å²) in [5.41, 5.74) is 18.1. The molecule has 5 N–H and O–H groups in total. The topological polar surface area (TPSA) is 123 Å². The van der Waals surface area contributed by atoms with Gasteiger partial charge in [-0.05, 0) is 47.9 Å². The molecule has 1 unspecified atom stereocenters. The molecule has 0 spiro atoms. The van der Waals surface area contributed by atoms with Crippen molar-refractivity contribution in [3.8, 4) is 17.2 Å². The van der Waals surface area contributed by atoms with Gasteiger partial charge in [0.05, 0.1) is 30.5 Å². The summed E-state index contributed by atoms with van der Waals surface area (Å²) >= 11 is 0. The number of hydrogen-bond acceptors (Lipinski definition) is 7. The molecule has 4 aromatic rings. The molecule has 0 saturated carbocycles. The van der Waals surface area contributed by atoms with Gasteiger partial charge in [-0.2, -0.15) is 10.2 Å². The second kappa shape index (κ2) is 10.5. The van der Waals surface area contributed by atoms with Gasteiger partial charge in [0.25, 0.3) is 0 Å². The Morgan fingerprint density at radius 3 is 2.29 bits per heavy atom. The average Bonchev–Trinajstić information content (AvgIpc) is 2.85. The lowest BCUT2D eigenvalue weighted by Crippen LogP contribution is -2.09. The van der Waals surface area contributed by atoms with Crippen LogP contribution in [-0.2, 0) is 18.0 Å². The molecular formula is C27H26N6O. The summed E-state index contributed by atoms with van der Waals surface area (Å²) in [6, 6.07) is 27.6. The highest BCUT2D eigenvalue weighted by atomic mass is 16.5. The van der Waals surface area contributed by atoms with Gasteiger partial charge in [-0.3, -0.25) is 0 Å². The molecule has 170 valence electrons. The highest BCUT2D eigenvalue weighted by Gasteiger charge is 2.15. The van der Waals surface area contributed by atoms with Crippen LogP contribution in [0, 0.1) is 11.3 Å². The van der Waals surface area contributed by atoms with Gasteiger partial charge in [-0.15, -0.1) is 0 Å². The first-order chi connectivity index (χ1) is 16.5. The van der Waals surface area contributed by atoms with Crippen LogP contribution in [0.1, 0.15) is 35.3 Å². The number of nitrogen functional groups attached to an aromatic ring is 2. The molecule has 0 aliphatic rings. The van der Waals surface area contributed by atoms with Crippen LogP contribution < -0.4 is 16.8 Å². The highest BCUT2D eigenvalue weighted by Crippen LogP contribution is 2.31. The summed E-state index contributed by atoms with van der Waals surface area (Å²) in [5, 5.41) is 12.5. The van der Waals surface area contributed by atoms with Crippen LogP contribution in [0.5, 0.6) is 0 Å². The highest BCUT2D eigenvalue weighted by molar-refractivity contribution is 5.77. The molecule has 0 bridgehead atoms. The first-order valence-corrected chi connectivity index (χ1v) is 10.9. The summed E-state index contributed by atoms with van der Waals surface area (Å²) in [6.45, 7) is 2.79. The number of anilines is 3. The monoisotopic (exact) mass is 450 g/mol. The third-order valence-corrected chi connectivity index (χ3v) is 5.48. The van der Waals surface area contributed by atoms with E-state index < -0.39 is 0 Å². The maximum atomic E-state index is 8.98. The molecule has 0 aliphatic heterocycles. The van der Waals surface area contributed by atoms with Crippen LogP contribution in [0.25, 0.3) is 11.1 Å². The number of ether oxygens (including phenoxy) is 1. The molecular weight excluding hydrogens is 424 g/mol. The fourth-order valence-corrected chi connectivity index (χ4v) is 3.72. The number of rotatable bonds is 8. The normalized spacial score (nSPS) is 11.5. The average molecular weight is 451 g/mol. The zero-order valence-corrected chi connectivity index (χ0v) is 18.9. The van der Waals surface area contributed by atoms with Gasteiger partial charge in [0.15, 0.2) is 0 Å². The summed E-state index contributed by atoms with van der Waals surface area (Å²) in [4.78, 5) is 8.54. The molecule has 4 rings (SSSR count). The summed E-state index contributed by atoms with van der Waals surface area (Å²) in [6.07, 6.45) is 0. The van der Waals surface area contributed by atoms with Gasteiger partial charge < -0.3 is 21.5 Å². The summed E-state index contributed by atoms with van der Waals surface area (Å²) in [5.74, 6) is 0.437.